The van der Waals surface area contributed by atoms with Gasteiger partial charge in [-0.15, -0.1) is 0 Å². The SMILES string of the molecule is CC(C)CC(C)Nc1ccc(C(F)(F)F)c(C(=O)O)c1. The van der Waals surface area contributed by atoms with Gasteiger partial charge in [0, 0.05) is 11.7 Å². The number of hydrogen-bond donors (Lipinski definition) is 2. The highest BCUT2D eigenvalue weighted by Gasteiger charge is 2.35. The molecule has 0 saturated heterocycles. The van der Waals surface area contributed by atoms with Gasteiger partial charge in [-0.2, -0.15) is 13.2 Å². The summed E-state index contributed by atoms with van der Waals surface area (Å²) < 4.78 is 38.1. The molecule has 1 aromatic rings. The van der Waals surface area contributed by atoms with Crippen molar-refractivity contribution in [2.75, 3.05) is 5.32 Å². The summed E-state index contributed by atoms with van der Waals surface area (Å²) in [4.78, 5) is 11.0. The Kier molecular flexibility index (Phi) is 5.03. The monoisotopic (exact) mass is 289 g/mol. The van der Waals surface area contributed by atoms with Crippen molar-refractivity contribution in [3.63, 3.8) is 0 Å². The van der Waals surface area contributed by atoms with E-state index in [9.17, 15) is 18.0 Å². The van der Waals surface area contributed by atoms with Crippen LogP contribution in [-0.2, 0) is 6.18 Å². The predicted molar refractivity (Wildman–Crippen MR) is 70.9 cm³/mol. The number of halogens is 3. The maximum absolute atomic E-state index is 12.7. The number of alkyl halides is 3. The van der Waals surface area contributed by atoms with Crippen molar-refractivity contribution in [1.82, 2.24) is 0 Å². The molecule has 0 aliphatic rings. The van der Waals surface area contributed by atoms with E-state index < -0.39 is 23.3 Å². The minimum atomic E-state index is -4.67. The number of carbonyl (C=O) groups is 1. The molecule has 0 fully saturated rings. The van der Waals surface area contributed by atoms with Crippen molar-refractivity contribution in [1.29, 1.82) is 0 Å². The number of carboxylic acid groups (broad SMARTS) is 1. The topological polar surface area (TPSA) is 49.3 Å². The van der Waals surface area contributed by atoms with Gasteiger partial charge >= 0.3 is 12.1 Å². The quantitative estimate of drug-likeness (QED) is 0.852. The standard InChI is InChI=1S/C14H18F3NO2/c1-8(2)6-9(3)18-10-4-5-12(14(15,16)17)11(7-10)13(19)20/h4-5,7-9,18H,6H2,1-3H3,(H,19,20). The highest BCUT2D eigenvalue weighted by atomic mass is 19.4. The molecule has 3 nitrogen and oxygen atoms in total. The summed E-state index contributed by atoms with van der Waals surface area (Å²) in [6.07, 6.45) is -3.83. The van der Waals surface area contributed by atoms with Crippen molar-refractivity contribution < 1.29 is 23.1 Å². The molecule has 0 aliphatic heterocycles. The van der Waals surface area contributed by atoms with E-state index in [-0.39, 0.29) is 6.04 Å². The van der Waals surface area contributed by atoms with Gasteiger partial charge in [0.05, 0.1) is 11.1 Å². The van der Waals surface area contributed by atoms with Crippen LogP contribution >= 0.6 is 0 Å². The van der Waals surface area contributed by atoms with Crippen LogP contribution in [0.3, 0.4) is 0 Å². The first-order valence-corrected chi connectivity index (χ1v) is 6.32. The van der Waals surface area contributed by atoms with E-state index in [1.54, 1.807) is 0 Å². The lowest BCUT2D eigenvalue weighted by Gasteiger charge is -2.18. The lowest BCUT2D eigenvalue weighted by atomic mass is 10.0. The first-order chi connectivity index (χ1) is 9.11. The lowest BCUT2D eigenvalue weighted by molar-refractivity contribution is -0.138. The zero-order valence-electron chi connectivity index (χ0n) is 11.6. The highest BCUT2D eigenvalue weighted by Crippen LogP contribution is 2.33. The third-order valence-electron chi connectivity index (χ3n) is 2.79. The minimum Gasteiger partial charge on any atom is -0.478 e. The molecule has 1 rings (SSSR count). The Morgan fingerprint density at radius 3 is 2.35 bits per heavy atom. The summed E-state index contributed by atoms with van der Waals surface area (Å²) in [5, 5.41) is 11.9. The Balaban J connectivity index is 3.02. The molecule has 1 aromatic carbocycles. The summed E-state index contributed by atoms with van der Waals surface area (Å²) in [6, 6.07) is 3.13. The number of aromatic carboxylic acids is 1. The van der Waals surface area contributed by atoms with E-state index in [2.05, 4.69) is 5.32 Å². The Hall–Kier alpha value is -1.72. The average molecular weight is 289 g/mol. The van der Waals surface area contributed by atoms with E-state index >= 15 is 0 Å². The largest absolute Gasteiger partial charge is 0.478 e. The van der Waals surface area contributed by atoms with Crippen molar-refractivity contribution >= 4 is 11.7 Å². The average Bonchev–Trinajstić information content (AvgIpc) is 2.25. The molecule has 112 valence electrons. The van der Waals surface area contributed by atoms with Gasteiger partial charge < -0.3 is 10.4 Å². The van der Waals surface area contributed by atoms with Gasteiger partial charge in [0.2, 0.25) is 0 Å². The predicted octanol–water partition coefficient (Wildman–Crippen LogP) is 4.25. The number of carboxylic acids is 1. The first-order valence-electron chi connectivity index (χ1n) is 6.32. The molecule has 0 heterocycles. The number of anilines is 1. The molecule has 0 aromatic heterocycles. The third kappa shape index (κ3) is 4.43. The summed E-state index contributed by atoms with van der Waals surface area (Å²) in [5.41, 5.74) is -1.49. The molecule has 0 saturated carbocycles. The maximum Gasteiger partial charge on any atom is 0.417 e. The van der Waals surface area contributed by atoms with Crippen LogP contribution in [0, 0.1) is 5.92 Å². The van der Waals surface area contributed by atoms with Crippen LogP contribution < -0.4 is 5.32 Å². The van der Waals surface area contributed by atoms with Gasteiger partial charge in [0.15, 0.2) is 0 Å². The summed E-state index contributed by atoms with van der Waals surface area (Å²) in [7, 11) is 0. The van der Waals surface area contributed by atoms with Gasteiger partial charge in [-0.05, 0) is 37.5 Å². The third-order valence-corrected chi connectivity index (χ3v) is 2.79. The Morgan fingerprint density at radius 2 is 1.90 bits per heavy atom. The van der Waals surface area contributed by atoms with Gasteiger partial charge in [0.1, 0.15) is 0 Å². The summed E-state index contributed by atoms with van der Waals surface area (Å²) in [6.45, 7) is 5.97. The fourth-order valence-electron chi connectivity index (χ4n) is 2.11. The number of nitrogens with one attached hydrogen (secondary N) is 1. The molecule has 2 N–H and O–H groups in total. The first kappa shape index (κ1) is 16.3. The van der Waals surface area contributed by atoms with Crippen LogP contribution in [0.15, 0.2) is 18.2 Å². The Morgan fingerprint density at radius 1 is 1.30 bits per heavy atom. The molecule has 6 heteroatoms. The zero-order valence-corrected chi connectivity index (χ0v) is 11.6. The second-order valence-electron chi connectivity index (χ2n) is 5.24. The second kappa shape index (κ2) is 6.15. The number of benzene rings is 1. The van der Waals surface area contributed by atoms with E-state index in [4.69, 9.17) is 5.11 Å². The molecular weight excluding hydrogens is 271 g/mol. The van der Waals surface area contributed by atoms with Crippen LogP contribution in [0.5, 0.6) is 0 Å². The molecule has 20 heavy (non-hydrogen) atoms. The molecule has 0 amide bonds. The van der Waals surface area contributed by atoms with Crippen LogP contribution in [0.4, 0.5) is 18.9 Å². The van der Waals surface area contributed by atoms with Gasteiger partial charge in [-0.25, -0.2) is 4.79 Å². The lowest BCUT2D eigenvalue weighted by Crippen LogP contribution is -2.19. The summed E-state index contributed by atoms with van der Waals surface area (Å²) >= 11 is 0. The van der Waals surface area contributed by atoms with Crippen molar-refractivity contribution in [2.45, 2.75) is 39.4 Å². The van der Waals surface area contributed by atoms with Gasteiger partial charge in [0.25, 0.3) is 0 Å². The van der Waals surface area contributed by atoms with Crippen LogP contribution in [0.1, 0.15) is 43.1 Å². The molecule has 0 bridgehead atoms. The van der Waals surface area contributed by atoms with Crippen LogP contribution in [-0.4, -0.2) is 17.1 Å². The Labute approximate surface area is 115 Å². The van der Waals surface area contributed by atoms with Crippen molar-refractivity contribution in [2.24, 2.45) is 5.92 Å². The smallest absolute Gasteiger partial charge is 0.417 e. The summed E-state index contributed by atoms with van der Waals surface area (Å²) in [5.74, 6) is -1.15. The molecule has 0 spiro atoms. The maximum atomic E-state index is 12.7. The second-order valence-corrected chi connectivity index (χ2v) is 5.24. The van der Waals surface area contributed by atoms with Crippen molar-refractivity contribution in [3.05, 3.63) is 29.3 Å². The van der Waals surface area contributed by atoms with Crippen LogP contribution in [0.2, 0.25) is 0 Å². The van der Waals surface area contributed by atoms with Gasteiger partial charge in [-0.3, -0.25) is 0 Å². The molecule has 1 atom stereocenters. The fraction of sp³-hybridized carbons (Fsp3) is 0.500. The molecule has 0 radical (unpaired) electrons. The molecule has 0 aliphatic carbocycles. The zero-order chi connectivity index (χ0) is 15.5. The number of rotatable bonds is 5. The highest BCUT2D eigenvalue weighted by molar-refractivity contribution is 5.91. The number of hydrogen-bond acceptors (Lipinski definition) is 2. The normalized spacial score (nSPS) is 13.3. The Bertz CT molecular complexity index is 484. The minimum absolute atomic E-state index is 0.0494. The van der Waals surface area contributed by atoms with E-state index in [0.29, 0.717) is 11.6 Å². The molecule has 1 unspecified atom stereocenters. The van der Waals surface area contributed by atoms with Crippen molar-refractivity contribution in [3.8, 4) is 0 Å². The van der Waals surface area contributed by atoms with Gasteiger partial charge in [-0.1, -0.05) is 13.8 Å². The van der Waals surface area contributed by atoms with E-state index in [0.717, 1.165) is 18.6 Å². The van der Waals surface area contributed by atoms with E-state index in [1.807, 2.05) is 20.8 Å². The van der Waals surface area contributed by atoms with Crippen LogP contribution in [0.25, 0.3) is 0 Å². The fourth-order valence-corrected chi connectivity index (χ4v) is 2.11. The van der Waals surface area contributed by atoms with E-state index in [1.165, 1.54) is 6.07 Å². The molecular formula is C14H18F3NO2.